The molecule has 0 amide bonds. The van der Waals surface area contributed by atoms with Crippen LogP contribution in [0.3, 0.4) is 0 Å². The van der Waals surface area contributed by atoms with Gasteiger partial charge in [0.05, 0.1) is 0 Å². The highest BCUT2D eigenvalue weighted by atomic mass is 31.2. The van der Waals surface area contributed by atoms with Crippen LogP contribution in [0.1, 0.15) is 32.1 Å². The first-order chi connectivity index (χ1) is 5.81. The third-order valence-corrected chi connectivity index (χ3v) is 7.01. The van der Waals surface area contributed by atoms with Gasteiger partial charge in [0.2, 0.25) is 0 Å². The number of hydrogen-bond donors (Lipinski definition) is 0. The van der Waals surface area contributed by atoms with Crippen LogP contribution >= 0.6 is 7.26 Å². The van der Waals surface area contributed by atoms with Crippen molar-refractivity contribution in [3.8, 4) is 0 Å². The van der Waals surface area contributed by atoms with E-state index in [2.05, 4.69) is 30.5 Å². The van der Waals surface area contributed by atoms with E-state index in [9.17, 15) is 0 Å². The van der Waals surface area contributed by atoms with Gasteiger partial charge in [-0.1, -0.05) is 50.3 Å². The molecule has 0 spiro atoms. The van der Waals surface area contributed by atoms with Crippen molar-refractivity contribution in [1.29, 1.82) is 0 Å². The van der Waals surface area contributed by atoms with Crippen LogP contribution in [-0.2, 0) is 0 Å². The molecule has 1 radical (unpaired) electrons. The highest BCUT2D eigenvalue weighted by Crippen LogP contribution is 2.67. The molecule has 0 aromatic rings. The normalized spacial score (nSPS) is 28.1. The second kappa shape index (κ2) is 3.34. The van der Waals surface area contributed by atoms with Gasteiger partial charge in [0.1, 0.15) is 0 Å². The Morgan fingerprint density at radius 3 is 2.17 bits per heavy atom. The lowest BCUT2D eigenvalue weighted by Gasteiger charge is -2.36. The minimum atomic E-state index is -0.757. The van der Waals surface area contributed by atoms with Gasteiger partial charge in [-0.2, -0.15) is 0 Å². The number of hydrogen-bond acceptors (Lipinski definition) is 0. The lowest BCUT2D eigenvalue weighted by molar-refractivity contribution is 0.510. The lowest BCUT2D eigenvalue weighted by atomic mass is 10.0. The predicted molar refractivity (Wildman–Crippen MR) is 58.0 cm³/mol. The third kappa shape index (κ3) is 1.50. The van der Waals surface area contributed by atoms with E-state index >= 15 is 0 Å². The molecule has 1 heterocycles. The summed E-state index contributed by atoms with van der Waals surface area (Å²) in [5.41, 5.74) is 1.03. The summed E-state index contributed by atoms with van der Waals surface area (Å²) < 4.78 is 0. The standard InChI is InChI=1S/C11H18P/c1-12(9-5-6-10-12)11-7-3-2-4-8-11/h5-6,9-11H,2-4,7-8H2,1H3. The van der Waals surface area contributed by atoms with Crippen molar-refractivity contribution in [2.24, 2.45) is 0 Å². The molecule has 0 nitrogen and oxygen atoms in total. The second-order valence-corrected chi connectivity index (χ2v) is 7.97. The van der Waals surface area contributed by atoms with Gasteiger partial charge in [-0.25, -0.2) is 0 Å². The summed E-state index contributed by atoms with van der Waals surface area (Å²) in [6.07, 6.45) is 11.9. The first kappa shape index (κ1) is 8.51. The minimum absolute atomic E-state index is 0.757. The Balaban J connectivity index is 2.06. The Labute approximate surface area is 76.1 Å². The summed E-state index contributed by atoms with van der Waals surface area (Å²) in [5, 5.41) is 0. The second-order valence-electron chi connectivity index (χ2n) is 4.20. The average Bonchev–Trinajstić information content (AvgIpc) is 2.55. The van der Waals surface area contributed by atoms with Gasteiger partial charge in [-0.3, -0.25) is 0 Å². The lowest BCUT2D eigenvalue weighted by Crippen LogP contribution is -2.13. The molecule has 2 aliphatic rings. The van der Waals surface area contributed by atoms with Crippen molar-refractivity contribution in [3.63, 3.8) is 0 Å². The van der Waals surface area contributed by atoms with Gasteiger partial charge in [0, 0.05) is 0 Å². The molecule has 1 heteroatoms. The molecular formula is C11H18P. The highest BCUT2D eigenvalue weighted by Gasteiger charge is 2.29. The first-order valence-electron chi connectivity index (χ1n) is 5.04. The SMILES string of the molecule is C[P]1(C2CCCCC2)C=CC=C1. The molecule has 1 fully saturated rings. The molecule has 0 atom stereocenters. The molecular weight excluding hydrogens is 163 g/mol. The highest BCUT2D eigenvalue weighted by molar-refractivity contribution is 7.81. The van der Waals surface area contributed by atoms with Crippen LogP contribution in [-0.4, -0.2) is 12.3 Å². The van der Waals surface area contributed by atoms with Crippen LogP contribution in [0.25, 0.3) is 0 Å². The number of rotatable bonds is 1. The van der Waals surface area contributed by atoms with Crippen molar-refractivity contribution in [3.05, 3.63) is 23.8 Å². The van der Waals surface area contributed by atoms with E-state index in [4.69, 9.17) is 0 Å². The van der Waals surface area contributed by atoms with Crippen molar-refractivity contribution in [1.82, 2.24) is 0 Å². The van der Waals surface area contributed by atoms with E-state index in [1.165, 1.54) is 32.1 Å². The van der Waals surface area contributed by atoms with Crippen molar-refractivity contribution < 1.29 is 0 Å². The molecule has 0 unspecified atom stereocenters. The van der Waals surface area contributed by atoms with Crippen molar-refractivity contribution in [2.75, 3.05) is 6.66 Å². The van der Waals surface area contributed by atoms with Gasteiger partial charge in [0.25, 0.3) is 0 Å². The van der Waals surface area contributed by atoms with E-state index < -0.39 is 7.26 Å². The minimum Gasteiger partial charge on any atom is -0.0848 e. The Bertz CT molecular complexity index is 197. The molecule has 67 valence electrons. The zero-order valence-corrected chi connectivity index (χ0v) is 8.76. The summed E-state index contributed by atoms with van der Waals surface area (Å²) in [5.74, 6) is 4.98. The van der Waals surface area contributed by atoms with Crippen molar-refractivity contribution in [2.45, 2.75) is 37.8 Å². The summed E-state index contributed by atoms with van der Waals surface area (Å²) in [6, 6.07) is 0. The molecule has 0 aromatic carbocycles. The van der Waals surface area contributed by atoms with E-state index in [0.29, 0.717) is 0 Å². The Morgan fingerprint density at radius 2 is 1.58 bits per heavy atom. The third-order valence-electron chi connectivity index (χ3n) is 3.29. The Morgan fingerprint density at radius 1 is 1.00 bits per heavy atom. The van der Waals surface area contributed by atoms with Gasteiger partial charge >= 0.3 is 0 Å². The van der Waals surface area contributed by atoms with Gasteiger partial charge in [-0.05, 0) is 25.2 Å². The molecule has 0 aromatic heterocycles. The summed E-state index contributed by atoms with van der Waals surface area (Å²) in [6.45, 7) is 2.49. The fourth-order valence-corrected chi connectivity index (χ4v) is 5.41. The molecule has 12 heavy (non-hydrogen) atoms. The molecule has 0 bridgehead atoms. The Hall–Kier alpha value is -0.0900. The summed E-state index contributed by atoms with van der Waals surface area (Å²) in [7, 11) is -0.757. The van der Waals surface area contributed by atoms with Crippen LogP contribution in [0.5, 0.6) is 0 Å². The molecule has 0 N–H and O–H groups in total. The molecule has 1 saturated carbocycles. The predicted octanol–water partition coefficient (Wildman–Crippen LogP) is 4.01. The fraction of sp³-hybridized carbons (Fsp3) is 0.636. The quantitative estimate of drug-likeness (QED) is 0.536. The van der Waals surface area contributed by atoms with Crippen LogP contribution in [0.2, 0.25) is 0 Å². The fourth-order valence-electron chi connectivity index (χ4n) is 2.40. The van der Waals surface area contributed by atoms with Crippen molar-refractivity contribution >= 4 is 7.26 Å². The van der Waals surface area contributed by atoms with Crippen LogP contribution < -0.4 is 0 Å². The van der Waals surface area contributed by atoms with Gasteiger partial charge in [-0.15, -0.1) is 0 Å². The van der Waals surface area contributed by atoms with E-state index in [1.54, 1.807) is 0 Å². The number of allylic oxidation sites excluding steroid dienone is 2. The zero-order valence-electron chi connectivity index (χ0n) is 7.87. The van der Waals surface area contributed by atoms with Gasteiger partial charge < -0.3 is 0 Å². The van der Waals surface area contributed by atoms with Crippen LogP contribution in [0.15, 0.2) is 23.8 Å². The average molecular weight is 181 g/mol. The topological polar surface area (TPSA) is 0 Å². The smallest absolute Gasteiger partial charge is 0.0181 e. The molecule has 2 rings (SSSR count). The van der Waals surface area contributed by atoms with Crippen LogP contribution in [0, 0.1) is 0 Å². The maximum absolute atomic E-state index is 2.49. The van der Waals surface area contributed by atoms with E-state index in [0.717, 1.165) is 5.66 Å². The maximum atomic E-state index is 2.49. The van der Waals surface area contributed by atoms with Crippen LogP contribution in [0.4, 0.5) is 0 Å². The first-order valence-corrected chi connectivity index (χ1v) is 7.48. The van der Waals surface area contributed by atoms with E-state index in [-0.39, 0.29) is 0 Å². The molecule has 0 saturated heterocycles. The Kier molecular flexibility index (Phi) is 2.37. The summed E-state index contributed by atoms with van der Waals surface area (Å²) in [4.78, 5) is 0. The van der Waals surface area contributed by atoms with E-state index in [1.807, 2.05) is 0 Å². The largest absolute Gasteiger partial charge is 0.0848 e. The van der Waals surface area contributed by atoms with Gasteiger partial charge in [0.15, 0.2) is 0 Å². The molecule has 1 aliphatic carbocycles. The molecule has 1 aliphatic heterocycles. The maximum Gasteiger partial charge on any atom is -0.0181 e. The zero-order chi connectivity index (χ0) is 8.44. The summed E-state index contributed by atoms with van der Waals surface area (Å²) >= 11 is 0. The monoisotopic (exact) mass is 181 g/mol.